The Hall–Kier alpha value is -4.37. The normalized spacial score (nSPS) is 22.7. The minimum absolute atomic E-state index is 0.168. The van der Waals surface area contributed by atoms with E-state index < -0.39 is 23.1 Å². The molecule has 194 valence electrons. The zero-order valence-corrected chi connectivity index (χ0v) is 21.1. The molecule has 0 aromatic heterocycles. The Morgan fingerprint density at radius 3 is 2.21 bits per heavy atom. The number of aromatic hydroxyl groups is 2. The highest BCUT2D eigenvalue weighted by Crippen LogP contribution is 2.56. The molecular formula is C29H26N2O7. The number of ether oxygens (including phenoxy) is 2. The number of oxime groups is 1. The van der Waals surface area contributed by atoms with Crippen molar-refractivity contribution in [2.45, 2.75) is 37.9 Å². The number of hydrogen-bond donors (Lipinski definition) is 3. The molecule has 3 N–H and O–H groups in total. The van der Waals surface area contributed by atoms with Gasteiger partial charge in [-0.2, -0.15) is 0 Å². The number of hydrogen-bond acceptors (Lipinski definition) is 9. The number of methoxy groups -OCH3 is 2. The third-order valence-electron chi connectivity index (χ3n) is 8.25. The Bertz CT molecular complexity index is 1580. The van der Waals surface area contributed by atoms with E-state index in [4.69, 9.17) is 9.47 Å². The monoisotopic (exact) mass is 514 g/mol. The van der Waals surface area contributed by atoms with E-state index in [1.807, 2.05) is 19.1 Å². The zero-order chi connectivity index (χ0) is 26.9. The summed E-state index contributed by atoms with van der Waals surface area (Å²) in [6, 6.07) is 11.4. The summed E-state index contributed by atoms with van der Waals surface area (Å²) in [4.78, 5) is 29.0. The van der Waals surface area contributed by atoms with Crippen molar-refractivity contribution < 1.29 is 34.5 Å². The summed E-state index contributed by atoms with van der Waals surface area (Å²) in [6.45, 7) is 2.30. The maximum Gasteiger partial charge on any atom is 0.198 e. The van der Waals surface area contributed by atoms with Gasteiger partial charge in [0.2, 0.25) is 0 Å². The first kappa shape index (κ1) is 24.0. The molecule has 2 aliphatic heterocycles. The minimum Gasteiger partial charge on any atom is -0.507 e. The summed E-state index contributed by atoms with van der Waals surface area (Å²) in [5.41, 5.74) is 1.33. The summed E-state index contributed by atoms with van der Waals surface area (Å²) in [7, 11) is 3.12. The van der Waals surface area contributed by atoms with E-state index in [9.17, 15) is 25.0 Å². The lowest BCUT2D eigenvalue weighted by Crippen LogP contribution is -2.50. The average Bonchev–Trinajstić information content (AvgIpc) is 3.10. The van der Waals surface area contributed by atoms with Crippen molar-refractivity contribution >= 4 is 17.3 Å². The Morgan fingerprint density at radius 2 is 1.61 bits per heavy atom. The Morgan fingerprint density at radius 1 is 0.974 bits per heavy atom. The van der Waals surface area contributed by atoms with Crippen LogP contribution in [0.4, 0.5) is 0 Å². The second kappa shape index (κ2) is 8.32. The molecule has 9 heteroatoms. The van der Waals surface area contributed by atoms with Crippen LogP contribution in [0.15, 0.2) is 47.6 Å². The van der Waals surface area contributed by atoms with Crippen molar-refractivity contribution in [1.29, 1.82) is 0 Å². The van der Waals surface area contributed by atoms with E-state index in [2.05, 4.69) is 10.1 Å². The van der Waals surface area contributed by atoms with Crippen LogP contribution in [0.1, 0.15) is 67.9 Å². The third-order valence-corrected chi connectivity index (χ3v) is 8.25. The van der Waals surface area contributed by atoms with Crippen LogP contribution in [0.5, 0.6) is 23.0 Å². The predicted octanol–water partition coefficient (Wildman–Crippen LogP) is 3.98. The Balaban J connectivity index is 1.52. The number of fused-ring (bicyclic) bond motifs is 6. The number of carbonyl (C=O) groups excluding carboxylic acids is 2. The van der Waals surface area contributed by atoms with Gasteiger partial charge in [0.15, 0.2) is 23.1 Å². The third kappa shape index (κ3) is 3.05. The number of rotatable bonds is 4. The smallest absolute Gasteiger partial charge is 0.198 e. The van der Waals surface area contributed by atoms with E-state index in [1.54, 1.807) is 44.6 Å². The van der Waals surface area contributed by atoms with Gasteiger partial charge < -0.3 is 24.9 Å². The fourth-order valence-electron chi connectivity index (χ4n) is 6.36. The van der Waals surface area contributed by atoms with E-state index >= 15 is 0 Å². The molecule has 3 aromatic rings. The first-order chi connectivity index (χ1) is 18.2. The molecule has 0 spiro atoms. The molecule has 3 aromatic carbocycles. The molecule has 9 nitrogen and oxygen atoms in total. The zero-order valence-electron chi connectivity index (χ0n) is 21.1. The second-order valence-electron chi connectivity index (χ2n) is 10.1. The molecule has 1 saturated heterocycles. The molecule has 0 saturated carbocycles. The van der Waals surface area contributed by atoms with Crippen LogP contribution in [0.25, 0.3) is 0 Å². The topological polar surface area (TPSA) is 129 Å². The Kier molecular flexibility index (Phi) is 5.26. The summed E-state index contributed by atoms with van der Waals surface area (Å²) < 4.78 is 10.8. The first-order valence-electron chi connectivity index (χ1n) is 12.2. The SMILES string of the molecule is COc1ccc(CN2C3CC(=NO)C2(C)Cc2c(O)c4c(c(O)c23)C(=O)c2ccccc2C4=O)cc1OC. The fourth-order valence-corrected chi connectivity index (χ4v) is 6.36. The van der Waals surface area contributed by atoms with Gasteiger partial charge in [-0.3, -0.25) is 14.5 Å². The van der Waals surface area contributed by atoms with Crippen molar-refractivity contribution in [1.82, 2.24) is 4.90 Å². The van der Waals surface area contributed by atoms with Gasteiger partial charge >= 0.3 is 0 Å². The lowest BCUT2D eigenvalue weighted by atomic mass is 9.76. The van der Waals surface area contributed by atoms with Gasteiger partial charge in [-0.15, -0.1) is 0 Å². The van der Waals surface area contributed by atoms with E-state index in [0.717, 1.165) is 5.56 Å². The van der Waals surface area contributed by atoms with Crippen LogP contribution >= 0.6 is 0 Å². The molecule has 6 rings (SSSR count). The van der Waals surface area contributed by atoms with Crippen LogP contribution < -0.4 is 9.47 Å². The van der Waals surface area contributed by atoms with Crippen molar-refractivity contribution in [3.63, 3.8) is 0 Å². The van der Waals surface area contributed by atoms with Crippen molar-refractivity contribution in [2.24, 2.45) is 5.16 Å². The fraction of sp³-hybridized carbons (Fsp3) is 0.276. The number of carbonyl (C=O) groups is 2. The molecule has 2 atom stereocenters. The lowest BCUT2D eigenvalue weighted by Gasteiger charge is -2.44. The van der Waals surface area contributed by atoms with Gasteiger partial charge in [0.05, 0.1) is 36.6 Å². The van der Waals surface area contributed by atoms with Gasteiger partial charge in [0, 0.05) is 47.7 Å². The molecule has 38 heavy (non-hydrogen) atoms. The molecule has 2 bridgehead atoms. The summed E-state index contributed by atoms with van der Waals surface area (Å²) in [5, 5.41) is 36.5. The van der Waals surface area contributed by atoms with E-state index in [0.29, 0.717) is 34.9 Å². The molecule has 0 radical (unpaired) electrons. The largest absolute Gasteiger partial charge is 0.507 e. The molecule has 1 aliphatic carbocycles. The van der Waals surface area contributed by atoms with E-state index in [-0.39, 0.29) is 46.6 Å². The molecule has 1 fully saturated rings. The van der Waals surface area contributed by atoms with Gasteiger partial charge in [-0.05, 0) is 24.6 Å². The average molecular weight is 515 g/mol. The van der Waals surface area contributed by atoms with Crippen LogP contribution in [0.2, 0.25) is 0 Å². The van der Waals surface area contributed by atoms with Crippen molar-refractivity contribution in [3.05, 3.63) is 81.4 Å². The molecule has 3 aliphatic rings. The highest BCUT2D eigenvalue weighted by atomic mass is 16.5. The lowest BCUT2D eigenvalue weighted by molar-refractivity contribution is 0.0963. The first-order valence-corrected chi connectivity index (χ1v) is 12.2. The van der Waals surface area contributed by atoms with Crippen LogP contribution in [0, 0.1) is 0 Å². The summed E-state index contributed by atoms with van der Waals surface area (Å²) in [5.74, 6) is -0.490. The van der Waals surface area contributed by atoms with Gasteiger partial charge in [0.1, 0.15) is 11.5 Å². The highest BCUT2D eigenvalue weighted by Gasteiger charge is 2.55. The quantitative estimate of drug-likeness (QED) is 0.212. The number of ketones is 2. The standard InChI is InChI=1S/C29H26N2O7/c1-29-12-17-22(28(35)24-23(27(17)34)25(32)15-6-4-5-7-16(15)26(24)33)18(11-21(29)30-36)31(29)13-14-8-9-19(37-2)20(10-14)38-3/h4-10,18,34-36H,11-13H2,1-3H3. The van der Waals surface area contributed by atoms with Crippen LogP contribution in [0.3, 0.4) is 0 Å². The molecule has 2 unspecified atom stereocenters. The summed E-state index contributed by atoms with van der Waals surface area (Å²) in [6.07, 6.45) is 0.444. The molecule has 2 heterocycles. The van der Waals surface area contributed by atoms with Crippen LogP contribution in [-0.4, -0.2) is 57.4 Å². The molecule has 0 amide bonds. The Labute approximate surface area is 218 Å². The second-order valence-corrected chi connectivity index (χ2v) is 10.1. The number of phenols is 2. The van der Waals surface area contributed by atoms with Gasteiger partial charge in [-0.25, -0.2) is 0 Å². The van der Waals surface area contributed by atoms with Crippen LogP contribution in [-0.2, 0) is 13.0 Å². The molecular weight excluding hydrogens is 488 g/mol. The number of nitrogens with zero attached hydrogens (tertiary/aromatic N) is 2. The van der Waals surface area contributed by atoms with E-state index in [1.165, 1.54) is 0 Å². The maximum absolute atomic E-state index is 13.5. The van der Waals surface area contributed by atoms with Crippen molar-refractivity contribution in [2.75, 3.05) is 14.2 Å². The highest BCUT2D eigenvalue weighted by molar-refractivity contribution is 6.30. The minimum atomic E-state index is -0.822. The van der Waals surface area contributed by atoms with Gasteiger partial charge in [-0.1, -0.05) is 35.5 Å². The van der Waals surface area contributed by atoms with Gasteiger partial charge in [0.25, 0.3) is 0 Å². The number of benzene rings is 3. The van der Waals surface area contributed by atoms with Crippen molar-refractivity contribution in [3.8, 4) is 23.0 Å². The summed E-state index contributed by atoms with van der Waals surface area (Å²) >= 11 is 0. The number of phenolic OH excluding ortho intramolecular Hbond substituents is 2. The predicted molar refractivity (Wildman–Crippen MR) is 137 cm³/mol. The maximum atomic E-state index is 13.5.